The van der Waals surface area contributed by atoms with E-state index in [4.69, 9.17) is 13.9 Å². The fraction of sp³-hybridized carbons (Fsp3) is 0.538. The zero-order chi connectivity index (χ0) is 13.5. The Morgan fingerprint density at radius 1 is 1.11 bits per heavy atom. The predicted molar refractivity (Wildman–Crippen MR) is 64.6 cm³/mol. The first-order valence-electron chi connectivity index (χ1n) is 6.10. The van der Waals surface area contributed by atoms with Crippen LogP contribution in [0.4, 0.5) is 0 Å². The first kappa shape index (κ1) is 14.3. The minimum atomic E-state index is -0.636. The molecule has 0 atom stereocenters. The molecule has 0 spiro atoms. The second-order valence-electron chi connectivity index (χ2n) is 3.65. The third kappa shape index (κ3) is 3.35. The van der Waals surface area contributed by atoms with Crippen LogP contribution in [0.1, 0.15) is 53.9 Å². The van der Waals surface area contributed by atoms with Gasteiger partial charge in [-0.3, -0.25) is 0 Å². The van der Waals surface area contributed by atoms with Gasteiger partial charge in [0.2, 0.25) is 5.76 Å². The van der Waals surface area contributed by atoms with Gasteiger partial charge in [0, 0.05) is 6.42 Å². The summed E-state index contributed by atoms with van der Waals surface area (Å²) in [5.41, 5.74) is 0.138. The van der Waals surface area contributed by atoms with E-state index in [1.165, 1.54) is 0 Å². The summed E-state index contributed by atoms with van der Waals surface area (Å²) >= 11 is 0. The average Bonchev–Trinajstić information content (AvgIpc) is 2.74. The van der Waals surface area contributed by atoms with Crippen LogP contribution in [0.2, 0.25) is 0 Å². The minimum Gasteiger partial charge on any atom is -0.462 e. The summed E-state index contributed by atoms with van der Waals surface area (Å²) in [6.45, 7) is 5.85. The molecule has 5 heteroatoms. The third-order valence-electron chi connectivity index (χ3n) is 2.24. The summed E-state index contributed by atoms with van der Waals surface area (Å²) in [5.74, 6) is -0.683. The van der Waals surface area contributed by atoms with Gasteiger partial charge in [-0.1, -0.05) is 6.92 Å². The largest absolute Gasteiger partial charge is 0.462 e. The Morgan fingerprint density at radius 2 is 1.72 bits per heavy atom. The van der Waals surface area contributed by atoms with Gasteiger partial charge in [0.05, 0.1) is 13.2 Å². The van der Waals surface area contributed by atoms with Crippen molar-refractivity contribution in [3.05, 3.63) is 23.2 Å². The van der Waals surface area contributed by atoms with Gasteiger partial charge in [0.15, 0.2) is 0 Å². The molecule has 0 unspecified atom stereocenters. The zero-order valence-corrected chi connectivity index (χ0v) is 10.9. The highest BCUT2D eigenvalue weighted by molar-refractivity contribution is 6.01. The third-order valence-corrected chi connectivity index (χ3v) is 2.24. The Labute approximate surface area is 106 Å². The topological polar surface area (TPSA) is 65.7 Å². The van der Waals surface area contributed by atoms with E-state index in [9.17, 15) is 9.59 Å². The van der Waals surface area contributed by atoms with E-state index in [1.54, 1.807) is 19.9 Å². The van der Waals surface area contributed by atoms with E-state index in [0.717, 1.165) is 6.42 Å². The molecule has 100 valence electrons. The number of rotatable bonds is 6. The van der Waals surface area contributed by atoms with E-state index < -0.39 is 11.9 Å². The molecule has 0 amide bonds. The lowest BCUT2D eigenvalue weighted by Crippen LogP contribution is -2.11. The van der Waals surface area contributed by atoms with Crippen LogP contribution in [0.5, 0.6) is 0 Å². The summed E-state index contributed by atoms with van der Waals surface area (Å²) < 4.78 is 15.1. The highest BCUT2D eigenvalue weighted by Gasteiger charge is 2.25. The van der Waals surface area contributed by atoms with Crippen molar-refractivity contribution in [3.63, 3.8) is 0 Å². The molecule has 18 heavy (non-hydrogen) atoms. The number of esters is 2. The molecule has 1 aromatic rings. The second-order valence-corrected chi connectivity index (χ2v) is 3.65. The number of aryl methyl sites for hydroxylation is 1. The van der Waals surface area contributed by atoms with Crippen LogP contribution in [0.3, 0.4) is 0 Å². The fourth-order valence-electron chi connectivity index (χ4n) is 1.52. The normalized spacial score (nSPS) is 10.2. The maximum Gasteiger partial charge on any atom is 0.375 e. The maximum absolute atomic E-state index is 11.7. The number of hydrogen-bond donors (Lipinski definition) is 0. The number of ether oxygens (including phenoxy) is 2. The van der Waals surface area contributed by atoms with Crippen LogP contribution in [-0.4, -0.2) is 25.2 Å². The molecular formula is C13H18O5. The summed E-state index contributed by atoms with van der Waals surface area (Å²) in [7, 11) is 0. The molecule has 1 rings (SSSR count). The van der Waals surface area contributed by atoms with Crippen molar-refractivity contribution in [2.24, 2.45) is 0 Å². The quantitative estimate of drug-likeness (QED) is 0.730. The van der Waals surface area contributed by atoms with Gasteiger partial charge < -0.3 is 13.9 Å². The molecule has 0 N–H and O–H groups in total. The number of carbonyl (C=O) groups excluding carboxylic acids is 2. The molecule has 0 saturated heterocycles. The van der Waals surface area contributed by atoms with E-state index in [0.29, 0.717) is 12.2 Å². The summed E-state index contributed by atoms with van der Waals surface area (Å²) in [6.07, 6.45) is 1.52. The summed E-state index contributed by atoms with van der Waals surface area (Å²) in [5, 5.41) is 0. The maximum atomic E-state index is 11.7. The SMILES string of the molecule is CCCc1cc(C(=O)OCC)c(C(=O)OCC)o1. The molecule has 5 nitrogen and oxygen atoms in total. The van der Waals surface area contributed by atoms with E-state index in [2.05, 4.69) is 0 Å². The predicted octanol–water partition coefficient (Wildman–Crippen LogP) is 2.59. The molecule has 0 aromatic carbocycles. The number of furan rings is 1. The molecule has 0 radical (unpaired) electrons. The molecule has 0 aliphatic carbocycles. The highest BCUT2D eigenvalue weighted by Crippen LogP contribution is 2.19. The van der Waals surface area contributed by atoms with E-state index >= 15 is 0 Å². The number of carbonyl (C=O) groups is 2. The standard InChI is InChI=1S/C13H18O5/c1-4-7-9-8-10(12(14)16-5-2)11(18-9)13(15)17-6-3/h8H,4-7H2,1-3H3. The molecule has 0 bridgehead atoms. The van der Waals surface area contributed by atoms with E-state index in [1.807, 2.05) is 6.92 Å². The Hall–Kier alpha value is -1.78. The van der Waals surface area contributed by atoms with Crippen molar-refractivity contribution < 1.29 is 23.5 Å². The van der Waals surface area contributed by atoms with Crippen LogP contribution in [-0.2, 0) is 15.9 Å². The lowest BCUT2D eigenvalue weighted by molar-refractivity contribution is 0.0450. The van der Waals surface area contributed by atoms with Gasteiger partial charge in [0.1, 0.15) is 11.3 Å². The Morgan fingerprint density at radius 3 is 2.28 bits per heavy atom. The zero-order valence-electron chi connectivity index (χ0n) is 10.9. The van der Waals surface area contributed by atoms with Gasteiger partial charge in [0.25, 0.3) is 0 Å². The van der Waals surface area contributed by atoms with Gasteiger partial charge in [-0.2, -0.15) is 0 Å². The van der Waals surface area contributed by atoms with Crippen molar-refractivity contribution in [1.29, 1.82) is 0 Å². The fourth-order valence-corrected chi connectivity index (χ4v) is 1.52. The highest BCUT2D eigenvalue weighted by atomic mass is 16.5. The van der Waals surface area contributed by atoms with Gasteiger partial charge in [-0.15, -0.1) is 0 Å². The molecule has 0 aliphatic heterocycles. The van der Waals surface area contributed by atoms with Crippen molar-refractivity contribution in [1.82, 2.24) is 0 Å². The molecule has 1 aromatic heterocycles. The van der Waals surface area contributed by atoms with Gasteiger partial charge >= 0.3 is 11.9 Å². The molecule has 0 aliphatic rings. The van der Waals surface area contributed by atoms with Crippen LogP contribution in [0, 0.1) is 0 Å². The van der Waals surface area contributed by atoms with Crippen molar-refractivity contribution in [2.75, 3.05) is 13.2 Å². The van der Waals surface area contributed by atoms with Crippen molar-refractivity contribution in [3.8, 4) is 0 Å². The Bertz CT molecular complexity index is 384. The number of hydrogen-bond acceptors (Lipinski definition) is 5. The monoisotopic (exact) mass is 254 g/mol. The van der Waals surface area contributed by atoms with Crippen molar-refractivity contribution in [2.45, 2.75) is 33.6 Å². The smallest absolute Gasteiger partial charge is 0.375 e. The van der Waals surface area contributed by atoms with Crippen molar-refractivity contribution >= 4 is 11.9 Å². The first-order chi connectivity index (χ1) is 8.63. The Balaban J connectivity index is 3.04. The summed E-state index contributed by atoms with van der Waals surface area (Å²) in [6, 6.07) is 1.55. The van der Waals surface area contributed by atoms with Crippen LogP contribution in [0.15, 0.2) is 10.5 Å². The lowest BCUT2D eigenvalue weighted by Gasteiger charge is -2.02. The minimum absolute atomic E-state index is 0.0706. The molecule has 0 fully saturated rings. The van der Waals surface area contributed by atoms with Crippen LogP contribution >= 0.6 is 0 Å². The summed E-state index contributed by atoms with van der Waals surface area (Å²) in [4.78, 5) is 23.4. The Kier molecular flexibility index (Phi) is 5.42. The average molecular weight is 254 g/mol. The van der Waals surface area contributed by atoms with Gasteiger partial charge in [-0.25, -0.2) is 9.59 Å². The van der Waals surface area contributed by atoms with Crippen LogP contribution < -0.4 is 0 Å². The van der Waals surface area contributed by atoms with Crippen LogP contribution in [0.25, 0.3) is 0 Å². The molecule has 0 saturated carbocycles. The van der Waals surface area contributed by atoms with Gasteiger partial charge in [-0.05, 0) is 26.3 Å². The molecule has 1 heterocycles. The second kappa shape index (κ2) is 6.83. The first-order valence-corrected chi connectivity index (χ1v) is 6.10. The lowest BCUT2D eigenvalue weighted by atomic mass is 10.2. The van der Waals surface area contributed by atoms with E-state index in [-0.39, 0.29) is 24.5 Å². The molecular weight excluding hydrogens is 236 g/mol.